The standard InChI is InChI=1S/C37H42F2N2O2/c1-27-5-17-33(18-6-27)40(3)25-35-36(26-41(4)34-19-7-28(2)8-20-34)43-37(42-35,23-21-29-9-13-31(38)14-10-29)24-22-30-11-15-32(39)16-12-30/h5-20,35-36H,21-26H2,1-4H3/t35-,36-/m0/s1. The van der Waals surface area contributed by atoms with Gasteiger partial charge in [-0.1, -0.05) is 59.7 Å². The summed E-state index contributed by atoms with van der Waals surface area (Å²) in [6, 6.07) is 30.3. The van der Waals surface area contributed by atoms with Crippen molar-refractivity contribution in [1.82, 2.24) is 0 Å². The quantitative estimate of drug-likeness (QED) is 0.169. The maximum absolute atomic E-state index is 13.6. The summed E-state index contributed by atoms with van der Waals surface area (Å²) in [7, 11) is 4.18. The zero-order valence-corrected chi connectivity index (χ0v) is 25.6. The number of aryl methyl sites for hydroxylation is 4. The topological polar surface area (TPSA) is 24.9 Å². The number of rotatable bonds is 12. The number of benzene rings is 4. The minimum Gasteiger partial charge on any atom is -0.372 e. The minimum atomic E-state index is -0.847. The summed E-state index contributed by atoms with van der Waals surface area (Å²) in [4.78, 5) is 4.45. The fourth-order valence-corrected chi connectivity index (χ4v) is 5.72. The summed E-state index contributed by atoms with van der Waals surface area (Å²) in [5.74, 6) is -1.34. The van der Waals surface area contributed by atoms with Crippen LogP contribution in [0.2, 0.25) is 0 Å². The molecule has 0 saturated carbocycles. The van der Waals surface area contributed by atoms with Crippen molar-refractivity contribution < 1.29 is 18.3 Å². The summed E-state index contributed by atoms with van der Waals surface area (Å²) >= 11 is 0. The molecule has 4 nitrogen and oxygen atoms in total. The van der Waals surface area contributed by atoms with Gasteiger partial charge in [0, 0.05) is 51.4 Å². The van der Waals surface area contributed by atoms with Crippen LogP contribution in [0.3, 0.4) is 0 Å². The molecule has 4 aromatic rings. The molecule has 0 amide bonds. The molecule has 6 heteroatoms. The lowest BCUT2D eigenvalue weighted by Crippen LogP contribution is -2.41. The molecule has 0 bridgehead atoms. The Bertz CT molecular complexity index is 1330. The summed E-state index contributed by atoms with van der Waals surface area (Å²) < 4.78 is 41.2. The third kappa shape index (κ3) is 8.21. The molecule has 43 heavy (non-hydrogen) atoms. The second kappa shape index (κ2) is 13.7. The van der Waals surface area contributed by atoms with E-state index in [1.54, 1.807) is 0 Å². The Kier molecular flexibility index (Phi) is 9.79. The van der Waals surface area contributed by atoms with Crippen LogP contribution in [-0.2, 0) is 22.3 Å². The predicted octanol–water partition coefficient (Wildman–Crippen LogP) is 7.90. The molecule has 0 aromatic heterocycles. The number of hydrogen-bond acceptors (Lipinski definition) is 4. The highest BCUT2D eigenvalue weighted by atomic mass is 19.1. The maximum atomic E-state index is 13.6. The van der Waals surface area contributed by atoms with E-state index in [4.69, 9.17) is 9.47 Å². The molecule has 2 atom stereocenters. The predicted molar refractivity (Wildman–Crippen MR) is 171 cm³/mol. The fraction of sp³-hybridized carbons (Fsp3) is 0.351. The first-order valence-electron chi connectivity index (χ1n) is 15.1. The smallest absolute Gasteiger partial charge is 0.170 e. The molecular formula is C37H42F2N2O2. The first kappa shape index (κ1) is 30.7. The highest BCUT2D eigenvalue weighted by Gasteiger charge is 2.47. The second-order valence-corrected chi connectivity index (χ2v) is 11.9. The van der Waals surface area contributed by atoms with Crippen molar-refractivity contribution in [1.29, 1.82) is 0 Å². The molecule has 0 spiro atoms. The number of nitrogens with zero attached hydrogens (tertiary/aromatic N) is 2. The monoisotopic (exact) mass is 584 g/mol. The largest absolute Gasteiger partial charge is 0.372 e. The Morgan fingerprint density at radius 1 is 0.558 bits per heavy atom. The van der Waals surface area contributed by atoms with E-state index < -0.39 is 5.79 Å². The number of halogens is 2. The van der Waals surface area contributed by atoms with Crippen LogP contribution in [0.5, 0.6) is 0 Å². The Morgan fingerprint density at radius 2 is 0.907 bits per heavy atom. The van der Waals surface area contributed by atoms with Crippen LogP contribution >= 0.6 is 0 Å². The van der Waals surface area contributed by atoms with Gasteiger partial charge in [-0.2, -0.15) is 0 Å². The SMILES string of the molecule is Cc1ccc(N(C)C[C@@H]2OC(CCc3ccc(F)cc3)(CCc3ccc(F)cc3)O[C@H]2CN(C)c2ccc(C)cc2)cc1. The van der Waals surface area contributed by atoms with Crippen molar-refractivity contribution in [3.05, 3.63) is 131 Å². The Hall–Kier alpha value is -3.74. The number of anilines is 2. The average Bonchev–Trinajstić information content (AvgIpc) is 3.33. The zero-order chi connectivity index (χ0) is 30.4. The van der Waals surface area contributed by atoms with E-state index in [1.165, 1.54) is 35.4 Å². The Morgan fingerprint density at radius 3 is 1.26 bits per heavy atom. The van der Waals surface area contributed by atoms with Gasteiger partial charge in [-0.15, -0.1) is 0 Å². The maximum Gasteiger partial charge on any atom is 0.170 e. The second-order valence-electron chi connectivity index (χ2n) is 11.9. The molecule has 4 aromatic carbocycles. The van der Waals surface area contributed by atoms with Crippen LogP contribution in [0.1, 0.15) is 35.1 Å². The van der Waals surface area contributed by atoms with E-state index in [2.05, 4.69) is 86.3 Å². The first-order chi connectivity index (χ1) is 20.7. The van der Waals surface area contributed by atoms with Gasteiger partial charge in [-0.05, 0) is 86.3 Å². The Balaban J connectivity index is 1.41. The molecule has 1 fully saturated rings. The van der Waals surface area contributed by atoms with Crippen LogP contribution in [0, 0.1) is 25.5 Å². The summed E-state index contributed by atoms with van der Waals surface area (Å²) in [5, 5.41) is 0. The van der Waals surface area contributed by atoms with E-state index in [0.717, 1.165) is 22.5 Å². The molecule has 0 unspecified atom stereocenters. The third-order valence-electron chi connectivity index (χ3n) is 8.42. The first-order valence-corrected chi connectivity index (χ1v) is 15.1. The van der Waals surface area contributed by atoms with Gasteiger partial charge in [0.2, 0.25) is 0 Å². The van der Waals surface area contributed by atoms with Crippen molar-refractivity contribution in [3.8, 4) is 0 Å². The minimum absolute atomic E-state index is 0.194. The van der Waals surface area contributed by atoms with Crippen molar-refractivity contribution in [2.75, 3.05) is 37.0 Å². The van der Waals surface area contributed by atoms with Gasteiger partial charge in [0.05, 0.1) is 0 Å². The van der Waals surface area contributed by atoms with E-state index in [-0.39, 0.29) is 23.8 Å². The molecule has 1 aliphatic heterocycles. The molecule has 0 aliphatic carbocycles. The average molecular weight is 585 g/mol. The molecule has 0 radical (unpaired) electrons. The number of ether oxygens (including phenoxy) is 2. The van der Waals surface area contributed by atoms with Gasteiger partial charge < -0.3 is 19.3 Å². The molecule has 5 rings (SSSR count). The molecule has 1 heterocycles. The van der Waals surface area contributed by atoms with Gasteiger partial charge in [-0.3, -0.25) is 0 Å². The number of likely N-dealkylation sites (N-methyl/N-ethyl adjacent to an activating group) is 2. The van der Waals surface area contributed by atoms with Crippen LogP contribution in [0.4, 0.5) is 20.2 Å². The van der Waals surface area contributed by atoms with E-state index in [0.29, 0.717) is 38.8 Å². The third-order valence-corrected chi connectivity index (χ3v) is 8.42. The summed E-state index contributed by atoms with van der Waals surface area (Å²) in [5.41, 5.74) is 6.74. The summed E-state index contributed by atoms with van der Waals surface area (Å²) in [6.45, 7) is 5.49. The molecule has 1 aliphatic rings. The highest BCUT2D eigenvalue weighted by molar-refractivity contribution is 5.48. The van der Waals surface area contributed by atoms with Gasteiger partial charge in [-0.25, -0.2) is 8.78 Å². The molecule has 226 valence electrons. The lowest BCUT2D eigenvalue weighted by atomic mass is 9.98. The van der Waals surface area contributed by atoms with Gasteiger partial charge >= 0.3 is 0 Å². The zero-order valence-electron chi connectivity index (χ0n) is 25.6. The van der Waals surface area contributed by atoms with E-state index in [1.807, 2.05) is 24.3 Å². The van der Waals surface area contributed by atoms with Gasteiger partial charge in [0.25, 0.3) is 0 Å². The van der Waals surface area contributed by atoms with Crippen LogP contribution in [0.15, 0.2) is 97.1 Å². The molecule has 0 N–H and O–H groups in total. The highest BCUT2D eigenvalue weighted by Crippen LogP contribution is 2.38. The van der Waals surface area contributed by atoms with Crippen molar-refractivity contribution in [3.63, 3.8) is 0 Å². The lowest BCUT2D eigenvalue weighted by Gasteiger charge is -2.30. The lowest BCUT2D eigenvalue weighted by molar-refractivity contribution is -0.182. The van der Waals surface area contributed by atoms with Crippen LogP contribution < -0.4 is 9.80 Å². The molecule has 1 saturated heterocycles. The molecular weight excluding hydrogens is 542 g/mol. The van der Waals surface area contributed by atoms with E-state index >= 15 is 0 Å². The fourth-order valence-electron chi connectivity index (χ4n) is 5.72. The van der Waals surface area contributed by atoms with Crippen molar-refractivity contribution >= 4 is 11.4 Å². The Labute approximate surface area is 254 Å². The van der Waals surface area contributed by atoms with Gasteiger partial charge in [0.1, 0.15) is 23.8 Å². The van der Waals surface area contributed by atoms with Gasteiger partial charge in [0.15, 0.2) is 5.79 Å². The van der Waals surface area contributed by atoms with Crippen molar-refractivity contribution in [2.45, 2.75) is 57.5 Å². The summed E-state index contributed by atoms with van der Waals surface area (Å²) in [6.07, 6.45) is 2.22. The van der Waals surface area contributed by atoms with Crippen LogP contribution in [0.25, 0.3) is 0 Å². The van der Waals surface area contributed by atoms with Crippen LogP contribution in [-0.4, -0.2) is 45.2 Å². The number of hydrogen-bond donors (Lipinski definition) is 0. The normalized spacial score (nSPS) is 17.6. The van der Waals surface area contributed by atoms with Crippen molar-refractivity contribution in [2.24, 2.45) is 0 Å². The van der Waals surface area contributed by atoms with E-state index in [9.17, 15) is 8.78 Å².